The molecule has 1 aromatic heterocycles. The van der Waals surface area contributed by atoms with Crippen LogP contribution in [-0.2, 0) is 48.2 Å². The SMILES string of the molecule is Cc1ncsc1-c1ccc(CNC(=O)[C@@H]2C[C@@H](O)CN2C(=O)[C@@H](NC(=O)C2(F)CC2)C(C)(C)C)c(OCCCCCc2ccc(CO[C@H](C)[C@H](CCC(N)=O)NC(=O)OC(C)(C)C)cc2)c1. The summed E-state index contributed by atoms with van der Waals surface area (Å²) in [6.07, 6.45) is 2.25. The molecule has 66 heavy (non-hydrogen) atoms. The van der Waals surface area contributed by atoms with Crippen molar-refractivity contribution in [1.29, 1.82) is 0 Å². The van der Waals surface area contributed by atoms with Gasteiger partial charge in [-0.05, 0) is 108 Å². The van der Waals surface area contributed by atoms with Crippen LogP contribution in [0.3, 0.4) is 0 Å². The van der Waals surface area contributed by atoms with Gasteiger partial charge in [0.05, 0.1) is 47.5 Å². The zero-order chi connectivity index (χ0) is 48.4. The van der Waals surface area contributed by atoms with E-state index in [4.69, 9.17) is 19.9 Å². The van der Waals surface area contributed by atoms with Crippen LogP contribution < -0.4 is 26.4 Å². The van der Waals surface area contributed by atoms with Gasteiger partial charge < -0.3 is 45.9 Å². The van der Waals surface area contributed by atoms with Crippen LogP contribution >= 0.6 is 11.3 Å². The fourth-order valence-electron chi connectivity index (χ4n) is 7.69. The highest BCUT2D eigenvalue weighted by molar-refractivity contribution is 7.13. The van der Waals surface area contributed by atoms with Gasteiger partial charge in [-0.2, -0.15) is 0 Å². The molecular weight excluding hydrogens is 868 g/mol. The van der Waals surface area contributed by atoms with Crippen molar-refractivity contribution in [2.45, 2.75) is 168 Å². The lowest BCUT2D eigenvalue weighted by Gasteiger charge is -2.35. The number of likely N-dealkylation sites (tertiary alicyclic amines) is 1. The number of aliphatic hydroxyl groups excluding tert-OH is 1. The molecule has 6 N–H and O–H groups in total. The van der Waals surface area contributed by atoms with Crippen molar-refractivity contribution < 1.29 is 47.7 Å². The van der Waals surface area contributed by atoms with Crippen molar-refractivity contribution in [3.8, 4) is 16.2 Å². The standard InChI is InChI=1S/C49H69FN6O9S/c1-30-41(66-29-53-30)34-17-18-35(26-52-43(59)38-25-36(57)27-56(38)44(60)42(47(3,4)5)55-45(61)49(50)21-22-49)39(24-34)63-23-11-9-10-12-32-13-15-33(16-14-32)28-64-31(2)37(19-20-40(51)58)54-46(62)65-48(6,7)8/h13-18,24,29,31,36-38,42,57H,9-12,19-23,25-28H2,1-8H3,(H2,51,58)(H,52,59)(H,54,62)(H,55,61)/t31-,36-,37+,38+,42-/m1/s1. The van der Waals surface area contributed by atoms with Gasteiger partial charge in [0.2, 0.25) is 17.7 Å². The second-order valence-corrected chi connectivity index (χ2v) is 20.5. The van der Waals surface area contributed by atoms with Crippen molar-refractivity contribution >= 4 is 41.1 Å². The number of amides is 5. The van der Waals surface area contributed by atoms with E-state index in [9.17, 15) is 33.5 Å². The number of hydrogen-bond acceptors (Lipinski definition) is 11. The summed E-state index contributed by atoms with van der Waals surface area (Å²) in [4.78, 5) is 71.0. The Hall–Kier alpha value is -5.13. The first-order valence-corrected chi connectivity index (χ1v) is 23.8. The highest BCUT2D eigenvalue weighted by Gasteiger charge is 2.53. The van der Waals surface area contributed by atoms with Gasteiger partial charge >= 0.3 is 6.09 Å². The summed E-state index contributed by atoms with van der Waals surface area (Å²) in [5.74, 6) is -1.67. The Bertz CT molecular complexity index is 2150. The van der Waals surface area contributed by atoms with Crippen molar-refractivity contribution in [2.24, 2.45) is 11.1 Å². The van der Waals surface area contributed by atoms with Crippen LogP contribution in [0.15, 0.2) is 48.0 Å². The van der Waals surface area contributed by atoms with E-state index in [1.807, 2.05) is 44.2 Å². The molecular formula is C49H69FN6O9S. The predicted molar refractivity (Wildman–Crippen MR) is 250 cm³/mol. The van der Waals surface area contributed by atoms with Crippen molar-refractivity contribution in [3.63, 3.8) is 0 Å². The van der Waals surface area contributed by atoms with Gasteiger partial charge in [0.25, 0.3) is 5.91 Å². The minimum Gasteiger partial charge on any atom is -0.493 e. The molecule has 17 heteroatoms. The van der Waals surface area contributed by atoms with Crippen molar-refractivity contribution in [2.75, 3.05) is 13.2 Å². The first-order chi connectivity index (χ1) is 31.0. The molecule has 2 fully saturated rings. The van der Waals surface area contributed by atoms with E-state index >= 15 is 0 Å². The average Bonchev–Trinajstić information content (AvgIpc) is 3.65. The third-order valence-corrected chi connectivity index (χ3v) is 12.7. The number of aryl methyl sites for hydroxylation is 2. The predicted octanol–water partition coefficient (Wildman–Crippen LogP) is 6.59. The first kappa shape index (κ1) is 51.8. The van der Waals surface area contributed by atoms with Gasteiger partial charge in [0.1, 0.15) is 23.4 Å². The number of ether oxygens (including phenoxy) is 3. The number of hydrogen-bond donors (Lipinski definition) is 5. The summed E-state index contributed by atoms with van der Waals surface area (Å²) in [6.45, 7) is 15.2. The molecule has 5 rings (SSSR count). The molecule has 15 nitrogen and oxygen atoms in total. The fourth-order valence-corrected chi connectivity index (χ4v) is 8.49. The summed E-state index contributed by atoms with van der Waals surface area (Å²) >= 11 is 1.53. The number of alkyl carbamates (subject to hydrolysis) is 1. The zero-order valence-electron chi connectivity index (χ0n) is 39.7. The summed E-state index contributed by atoms with van der Waals surface area (Å²) < 4.78 is 32.5. The molecule has 3 aromatic rings. The number of alkyl halides is 1. The molecule has 0 radical (unpaired) electrons. The van der Waals surface area contributed by atoms with E-state index in [-0.39, 0.29) is 38.8 Å². The first-order valence-electron chi connectivity index (χ1n) is 22.9. The maximum absolute atomic E-state index is 14.6. The molecule has 0 bridgehead atoms. The number of nitrogens with one attached hydrogen (secondary N) is 3. The quantitative estimate of drug-likeness (QED) is 0.0683. The molecule has 1 saturated heterocycles. The number of nitrogens with two attached hydrogens (primary N) is 1. The normalized spacial score (nSPS) is 18.2. The number of primary amides is 1. The molecule has 5 atom stereocenters. The summed E-state index contributed by atoms with van der Waals surface area (Å²) in [6, 6.07) is 11.5. The molecule has 0 spiro atoms. The van der Waals surface area contributed by atoms with E-state index in [1.165, 1.54) is 21.8 Å². The highest BCUT2D eigenvalue weighted by atomic mass is 32.1. The number of rotatable bonds is 22. The topological polar surface area (TPSA) is 212 Å². The maximum Gasteiger partial charge on any atom is 0.407 e. The Balaban J connectivity index is 1.13. The van der Waals surface area contributed by atoms with E-state index in [2.05, 4.69) is 33.1 Å². The van der Waals surface area contributed by atoms with Gasteiger partial charge in [-0.25, -0.2) is 14.2 Å². The molecule has 2 aliphatic rings. The third-order valence-electron chi connectivity index (χ3n) is 11.8. The number of nitrogens with zero attached hydrogens (tertiary/aromatic N) is 2. The Labute approximate surface area is 392 Å². The molecule has 1 saturated carbocycles. The summed E-state index contributed by atoms with van der Waals surface area (Å²) in [7, 11) is 0. The van der Waals surface area contributed by atoms with E-state index in [0.717, 1.165) is 52.9 Å². The minimum atomic E-state index is -1.97. The Morgan fingerprint density at radius 1 is 1.00 bits per heavy atom. The van der Waals surface area contributed by atoms with Crippen molar-refractivity contribution in [1.82, 2.24) is 25.8 Å². The van der Waals surface area contributed by atoms with Crippen LogP contribution in [0.2, 0.25) is 0 Å². The molecule has 1 aliphatic heterocycles. The van der Waals surface area contributed by atoms with Crippen molar-refractivity contribution in [3.05, 3.63) is 70.4 Å². The number of carbonyl (C=O) groups is 5. The number of unbranched alkanes of at least 4 members (excludes halogenated alkanes) is 2. The Morgan fingerprint density at radius 3 is 2.32 bits per heavy atom. The molecule has 1 aliphatic carbocycles. The fraction of sp³-hybridized carbons (Fsp3) is 0.592. The molecule has 2 heterocycles. The van der Waals surface area contributed by atoms with E-state index < -0.39 is 76.7 Å². The van der Waals surface area contributed by atoms with Gasteiger partial charge in [0.15, 0.2) is 5.67 Å². The van der Waals surface area contributed by atoms with E-state index in [0.29, 0.717) is 25.4 Å². The van der Waals surface area contributed by atoms with Crippen LogP contribution in [0.4, 0.5) is 9.18 Å². The van der Waals surface area contributed by atoms with Crippen LogP contribution in [0.1, 0.15) is 122 Å². The lowest BCUT2D eigenvalue weighted by Crippen LogP contribution is -2.59. The molecule has 362 valence electrons. The lowest BCUT2D eigenvalue weighted by molar-refractivity contribution is -0.145. The Kier molecular flexibility index (Phi) is 17.7. The zero-order valence-corrected chi connectivity index (χ0v) is 40.5. The monoisotopic (exact) mass is 936 g/mol. The number of aliphatic hydroxyl groups is 1. The number of β-amino-alcohol motifs (C(OH)–C–C–N with tert-alkyl or cyclic N) is 1. The Morgan fingerprint density at radius 2 is 1.70 bits per heavy atom. The number of aromatic nitrogens is 1. The number of benzene rings is 2. The van der Waals surface area contributed by atoms with Crippen LogP contribution in [0, 0.1) is 12.3 Å². The molecule has 0 unspecified atom stereocenters. The smallest absolute Gasteiger partial charge is 0.407 e. The van der Waals surface area contributed by atoms with Crippen LogP contribution in [-0.4, -0.2) is 99.5 Å². The summed E-state index contributed by atoms with van der Waals surface area (Å²) in [5, 5.41) is 19.0. The summed E-state index contributed by atoms with van der Waals surface area (Å²) in [5.41, 5.74) is 8.47. The highest BCUT2D eigenvalue weighted by Crippen LogP contribution is 2.40. The largest absolute Gasteiger partial charge is 0.493 e. The third kappa shape index (κ3) is 15.2. The lowest BCUT2D eigenvalue weighted by atomic mass is 9.85. The molecule has 5 amide bonds. The van der Waals surface area contributed by atoms with Gasteiger partial charge in [-0.3, -0.25) is 19.2 Å². The van der Waals surface area contributed by atoms with E-state index in [1.54, 1.807) is 47.1 Å². The number of thiazole rings is 1. The van der Waals surface area contributed by atoms with Crippen LogP contribution in [0.5, 0.6) is 5.75 Å². The van der Waals surface area contributed by atoms with Gasteiger partial charge in [-0.1, -0.05) is 57.2 Å². The minimum absolute atomic E-state index is 0.0258. The molecule has 2 aromatic carbocycles. The number of halogens is 1. The maximum atomic E-state index is 14.6. The van der Waals surface area contributed by atoms with Gasteiger partial charge in [-0.15, -0.1) is 11.3 Å². The second kappa shape index (κ2) is 22.6. The number of carbonyl (C=O) groups excluding carboxylic acids is 5. The van der Waals surface area contributed by atoms with Gasteiger partial charge in [0, 0.05) is 31.5 Å². The second-order valence-electron chi connectivity index (χ2n) is 19.7. The average molecular weight is 937 g/mol. The van der Waals surface area contributed by atoms with Crippen LogP contribution in [0.25, 0.3) is 10.4 Å².